The summed E-state index contributed by atoms with van der Waals surface area (Å²) in [5.74, 6) is -3.68. The topological polar surface area (TPSA) is 58.4 Å². The van der Waals surface area contributed by atoms with Crippen LogP contribution in [0.1, 0.15) is 45.8 Å². The summed E-state index contributed by atoms with van der Waals surface area (Å²) in [5.41, 5.74) is -0.580. The van der Waals surface area contributed by atoms with Crippen molar-refractivity contribution in [3.05, 3.63) is 47.4 Å². The number of halogens is 3. The average molecular weight is 383 g/mol. The number of nitrogens with zero attached hydrogens (tertiary/aromatic N) is 2. The van der Waals surface area contributed by atoms with Gasteiger partial charge in [-0.15, -0.1) is 0 Å². The van der Waals surface area contributed by atoms with E-state index < -0.39 is 29.0 Å². The molecule has 1 heterocycles. The van der Waals surface area contributed by atoms with Gasteiger partial charge in [-0.25, -0.2) is 18.2 Å². The third kappa shape index (κ3) is 5.56. The normalized spacial score (nSPS) is 11.9. The smallest absolute Gasteiger partial charge is 0.238 e. The number of amides is 1. The fourth-order valence-electron chi connectivity index (χ4n) is 2.47. The lowest BCUT2D eigenvalue weighted by Gasteiger charge is -2.20. The molecule has 0 bridgehead atoms. The fraction of sp³-hybridized carbons (Fsp3) is 0.474. The molecule has 8 heteroatoms. The molecule has 0 saturated heterocycles. The fourth-order valence-corrected chi connectivity index (χ4v) is 2.47. The van der Waals surface area contributed by atoms with E-state index in [4.69, 9.17) is 4.42 Å². The molecule has 0 aliphatic carbocycles. The van der Waals surface area contributed by atoms with Crippen LogP contribution >= 0.6 is 0 Å². The van der Waals surface area contributed by atoms with E-state index in [1.807, 2.05) is 27.7 Å². The Kier molecular flexibility index (Phi) is 6.64. The van der Waals surface area contributed by atoms with E-state index in [0.29, 0.717) is 19.0 Å². The number of carbonyl (C=O) groups is 1. The highest BCUT2D eigenvalue weighted by Gasteiger charge is 2.21. The minimum absolute atomic E-state index is 0.0699. The lowest BCUT2D eigenvalue weighted by Crippen LogP contribution is -2.33. The van der Waals surface area contributed by atoms with Crippen LogP contribution in [0.25, 0.3) is 0 Å². The first-order chi connectivity index (χ1) is 12.6. The van der Waals surface area contributed by atoms with Crippen LogP contribution < -0.4 is 5.32 Å². The maximum absolute atomic E-state index is 13.7. The van der Waals surface area contributed by atoms with Crippen molar-refractivity contribution in [2.24, 2.45) is 0 Å². The first-order valence-electron chi connectivity index (χ1n) is 8.72. The summed E-state index contributed by atoms with van der Waals surface area (Å²) in [4.78, 5) is 18.2. The van der Waals surface area contributed by atoms with Gasteiger partial charge in [0.25, 0.3) is 0 Å². The Morgan fingerprint density at radius 2 is 1.93 bits per heavy atom. The zero-order valence-corrected chi connectivity index (χ0v) is 15.9. The van der Waals surface area contributed by atoms with Crippen molar-refractivity contribution in [2.45, 2.75) is 46.1 Å². The summed E-state index contributed by atoms with van der Waals surface area (Å²) in [6.07, 6.45) is 2.44. The van der Waals surface area contributed by atoms with Crippen LogP contribution in [-0.2, 0) is 16.8 Å². The summed E-state index contributed by atoms with van der Waals surface area (Å²) in [6.45, 7) is 8.79. The van der Waals surface area contributed by atoms with E-state index in [-0.39, 0.29) is 12.0 Å². The van der Waals surface area contributed by atoms with Gasteiger partial charge in [0.05, 0.1) is 25.0 Å². The molecule has 0 radical (unpaired) electrons. The molecule has 27 heavy (non-hydrogen) atoms. The Bertz CT molecular complexity index is 800. The van der Waals surface area contributed by atoms with E-state index in [1.54, 1.807) is 11.1 Å². The zero-order chi connectivity index (χ0) is 20.2. The summed E-state index contributed by atoms with van der Waals surface area (Å²) < 4.78 is 45.7. The van der Waals surface area contributed by atoms with Crippen LogP contribution in [0.2, 0.25) is 0 Å². The van der Waals surface area contributed by atoms with Crippen molar-refractivity contribution < 1.29 is 22.4 Å². The van der Waals surface area contributed by atoms with Crippen LogP contribution in [-0.4, -0.2) is 28.9 Å². The SMILES string of the molecule is CCCN(CC(=O)Nc1ccc(F)c(F)c1F)Cc1ncc(C(C)(C)C)o1. The summed E-state index contributed by atoms with van der Waals surface area (Å²) in [5, 5.41) is 2.27. The molecule has 1 aromatic carbocycles. The minimum atomic E-state index is -1.62. The second kappa shape index (κ2) is 8.56. The largest absolute Gasteiger partial charge is 0.444 e. The monoisotopic (exact) mass is 383 g/mol. The van der Waals surface area contributed by atoms with Gasteiger partial charge < -0.3 is 9.73 Å². The van der Waals surface area contributed by atoms with Gasteiger partial charge in [-0.05, 0) is 25.1 Å². The molecule has 5 nitrogen and oxygen atoms in total. The molecular formula is C19H24F3N3O2. The van der Waals surface area contributed by atoms with Gasteiger partial charge in [0.1, 0.15) is 5.76 Å². The second-order valence-electron chi connectivity index (χ2n) is 7.35. The van der Waals surface area contributed by atoms with Gasteiger partial charge in [0.15, 0.2) is 17.5 Å². The molecular weight excluding hydrogens is 359 g/mol. The Balaban J connectivity index is 2.04. The quantitative estimate of drug-likeness (QED) is 0.727. The lowest BCUT2D eigenvalue weighted by atomic mass is 9.94. The molecule has 0 fully saturated rings. The molecule has 1 amide bonds. The highest BCUT2D eigenvalue weighted by molar-refractivity contribution is 5.92. The molecule has 148 valence electrons. The van der Waals surface area contributed by atoms with Gasteiger partial charge in [0.2, 0.25) is 11.8 Å². The number of anilines is 1. The predicted octanol–water partition coefficient (Wildman–Crippen LogP) is 4.24. The molecule has 0 aliphatic rings. The van der Waals surface area contributed by atoms with Crippen molar-refractivity contribution in [1.29, 1.82) is 0 Å². The minimum Gasteiger partial charge on any atom is -0.444 e. The van der Waals surface area contributed by atoms with Crippen LogP contribution in [0.3, 0.4) is 0 Å². The number of benzene rings is 1. The van der Waals surface area contributed by atoms with Crippen molar-refractivity contribution in [1.82, 2.24) is 9.88 Å². The van der Waals surface area contributed by atoms with E-state index in [0.717, 1.165) is 24.3 Å². The number of oxazole rings is 1. The molecule has 0 saturated carbocycles. The highest BCUT2D eigenvalue weighted by Crippen LogP contribution is 2.23. The number of rotatable bonds is 7. The van der Waals surface area contributed by atoms with Crippen molar-refractivity contribution in [3.8, 4) is 0 Å². The van der Waals surface area contributed by atoms with Gasteiger partial charge in [-0.2, -0.15) is 0 Å². The van der Waals surface area contributed by atoms with Gasteiger partial charge in [-0.1, -0.05) is 27.7 Å². The number of aromatic nitrogens is 1. The van der Waals surface area contributed by atoms with Crippen molar-refractivity contribution >= 4 is 11.6 Å². The Morgan fingerprint density at radius 1 is 1.22 bits per heavy atom. The lowest BCUT2D eigenvalue weighted by molar-refractivity contribution is -0.117. The average Bonchev–Trinajstić information content (AvgIpc) is 3.04. The maximum atomic E-state index is 13.7. The first kappa shape index (κ1) is 21.0. The maximum Gasteiger partial charge on any atom is 0.238 e. The Hall–Kier alpha value is -2.35. The molecule has 0 spiro atoms. The van der Waals surface area contributed by atoms with Gasteiger partial charge >= 0.3 is 0 Å². The standard InChI is InChI=1S/C19H24F3N3O2/c1-5-8-25(11-16-23-9-14(27-16)19(2,3)4)10-15(26)24-13-7-6-12(20)17(21)18(13)22/h6-7,9H,5,8,10-11H2,1-4H3,(H,24,26). The second-order valence-corrected chi connectivity index (χ2v) is 7.35. The van der Waals surface area contributed by atoms with Crippen LogP contribution in [0.15, 0.2) is 22.7 Å². The van der Waals surface area contributed by atoms with Crippen molar-refractivity contribution in [3.63, 3.8) is 0 Å². The molecule has 1 N–H and O–H groups in total. The predicted molar refractivity (Wildman–Crippen MR) is 95.7 cm³/mol. The third-order valence-electron chi connectivity index (χ3n) is 3.87. The molecule has 1 aromatic heterocycles. The highest BCUT2D eigenvalue weighted by atomic mass is 19.2. The number of nitrogens with one attached hydrogen (secondary N) is 1. The number of hydrogen-bond donors (Lipinski definition) is 1. The first-order valence-corrected chi connectivity index (χ1v) is 8.72. The summed E-state index contributed by atoms with van der Waals surface area (Å²) in [6, 6.07) is 1.75. The molecule has 2 aromatic rings. The molecule has 0 atom stereocenters. The van der Waals surface area contributed by atoms with E-state index >= 15 is 0 Å². The van der Waals surface area contributed by atoms with E-state index in [9.17, 15) is 18.0 Å². The van der Waals surface area contributed by atoms with Crippen LogP contribution in [0.4, 0.5) is 18.9 Å². The van der Waals surface area contributed by atoms with Gasteiger partial charge in [-0.3, -0.25) is 9.69 Å². The molecule has 2 rings (SSSR count). The van der Waals surface area contributed by atoms with Gasteiger partial charge in [0, 0.05) is 5.41 Å². The van der Waals surface area contributed by atoms with Crippen LogP contribution in [0, 0.1) is 17.5 Å². The van der Waals surface area contributed by atoms with E-state index in [2.05, 4.69) is 10.3 Å². The molecule has 0 unspecified atom stereocenters. The summed E-state index contributed by atoms with van der Waals surface area (Å²) >= 11 is 0. The summed E-state index contributed by atoms with van der Waals surface area (Å²) in [7, 11) is 0. The molecule has 0 aliphatic heterocycles. The zero-order valence-electron chi connectivity index (χ0n) is 15.9. The van der Waals surface area contributed by atoms with Crippen LogP contribution in [0.5, 0.6) is 0 Å². The number of carbonyl (C=O) groups excluding carboxylic acids is 1. The third-order valence-corrected chi connectivity index (χ3v) is 3.87. The van der Waals surface area contributed by atoms with E-state index in [1.165, 1.54) is 0 Å². The Labute approximate surface area is 156 Å². The Morgan fingerprint density at radius 3 is 2.52 bits per heavy atom. The van der Waals surface area contributed by atoms with Crippen molar-refractivity contribution in [2.75, 3.05) is 18.4 Å². The number of hydrogen-bond acceptors (Lipinski definition) is 4.